The maximum Gasteiger partial charge on any atom is 0.312 e. The molecule has 0 radical (unpaired) electrons. The normalized spacial score (nSPS) is 29.4. The molecule has 4 nitrogen and oxygen atoms in total. The fourth-order valence-corrected chi connectivity index (χ4v) is 3.59. The van der Waals surface area contributed by atoms with Crippen LogP contribution in [0.1, 0.15) is 24.6 Å². The van der Waals surface area contributed by atoms with E-state index in [4.69, 9.17) is 9.47 Å². The van der Waals surface area contributed by atoms with Crippen LogP contribution in [0.15, 0.2) is 24.3 Å². The molecule has 0 bridgehead atoms. The monoisotopic (exact) mass is 271 g/mol. The third-order valence-corrected chi connectivity index (χ3v) is 4.66. The summed E-state index contributed by atoms with van der Waals surface area (Å²) < 4.78 is 11.2. The summed E-state index contributed by atoms with van der Waals surface area (Å²) >= 11 is 0. The van der Waals surface area contributed by atoms with E-state index in [1.807, 2.05) is 19.1 Å². The Hall–Kier alpha value is -1.81. The number of fused-ring (bicyclic) bond motifs is 3. The lowest BCUT2D eigenvalue weighted by Crippen LogP contribution is -2.41. The lowest BCUT2D eigenvalue weighted by molar-refractivity contribution is -0.154. The lowest BCUT2D eigenvalue weighted by Gasteiger charge is -2.37. The average Bonchev–Trinajstić information content (AvgIpc) is 3.04. The van der Waals surface area contributed by atoms with Gasteiger partial charge in [0.1, 0.15) is 5.60 Å². The Balaban J connectivity index is 1.91. The molecule has 0 saturated carbocycles. The highest BCUT2D eigenvalue weighted by atomic mass is 16.5. The molecule has 1 aromatic heterocycles. The van der Waals surface area contributed by atoms with E-state index in [-0.39, 0.29) is 11.9 Å². The van der Waals surface area contributed by atoms with Crippen molar-refractivity contribution in [2.75, 3.05) is 13.2 Å². The SMILES string of the molecule is C[C@]1([C@@H]2CCOC2=O)OCCc2c1[nH]c1ccccc21. The average molecular weight is 271 g/mol. The predicted octanol–water partition coefficient (Wildman–Crippen LogP) is 2.52. The van der Waals surface area contributed by atoms with Gasteiger partial charge in [-0.1, -0.05) is 18.2 Å². The number of cyclic esters (lactones) is 1. The van der Waals surface area contributed by atoms with Gasteiger partial charge in [-0.2, -0.15) is 0 Å². The van der Waals surface area contributed by atoms with Crippen molar-refractivity contribution in [2.45, 2.75) is 25.4 Å². The molecule has 20 heavy (non-hydrogen) atoms. The number of hydrogen-bond acceptors (Lipinski definition) is 3. The number of carbonyl (C=O) groups excluding carboxylic acids is 1. The Morgan fingerprint density at radius 3 is 2.95 bits per heavy atom. The second-order valence-electron chi connectivity index (χ2n) is 5.74. The van der Waals surface area contributed by atoms with Crippen LogP contribution in [0.3, 0.4) is 0 Å². The van der Waals surface area contributed by atoms with Gasteiger partial charge in [0.2, 0.25) is 0 Å². The summed E-state index contributed by atoms with van der Waals surface area (Å²) in [6.45, 7) is 3.16. The van der Waals surface area contributed by atoms with Gasteiger partial charge in [-0.3, -0.25) is 4.79 Å². The van der Waals surface area contributed by atoms with Crippen LogP contribution >= 0.6 is 0 Å². The van der Waals surface area contributed by atoms with Crippen molar-refractivity contribution in [3.8, 4) is 0 Å². The molecule has 2 aliphatic rings. The van der Waals surface area contributed by atoms with Crippen LogP contribution in [0.4, 0.5) is 0 Å². The number of aromatic nitrogens is 1. The van der Waals surface area contributed by atoms with Crippen LogP contribution in [0.2, 0.25) is 0 Å². The summed E-state index contributed by atoms with van der Waals surface area (Å²) in [4.78, 5) is 15.5. The first kappa shape index (κ1) is 12.0. The molecule has 4 heteroatoms. The van der Waals surface area contributed by atoms with E-state index >= 15 is 0 Å². The summed E-state index contributed by atoms with van der Waals surface area (Å²) in [6, 6.07) is 8.27. The Labute approximate surface area is 117 Å². The number of benzene rings is 1. The molecular formula is C16H17NO3. The zero-order valence-corrected chi connectivity index (χ0v) is 11.4. The third-order valence-electron chi connectivity index (χ3n) is 4.66. The number of H-pyrrole nitrogens is 1. The fourth-order valence-electron chi connectivity index (χ4n) is 3.59. The molecular weight excluding hydrogens is 254 g/mol. The lowest BCUT2D eigenvalue weighted by atomic mass is 9.81. The maximum atomic E-state index is 12.0. The molecule has 1 fully saturated rings. The predicted molar refractivity (Wildman–Crippen MR) is 74.4 cm³/mol. The smallest absolute Gasteiger partial charge is 0.312 e. The summed E-state index contributed by atoms with van der Waals surface area (Å²) in [5.74, 6) is -0.353. The van der Waals surface area contributed by atoms with E-state index in [2.05, 4.69) is 17.1 Å². The molecule has 0 aliphatic carbocycles. The van der Waals surface area contributed by atoms with E-state index < -0.39 is 5.60 Å². The minimum Gasteiger partial charge on any atom is -0.465 e. The van der Waals surface area contributed by atoms with Crippen LogP contribution in [-0.4, -0.2) is 24.2 Å². The second kappa shape index (κ2) is 4.09. The van der Waals surface area contributed by atoms with Crippen LogP contribution in [0.5, 0.6) is 0 Å². The van der Waals surface area contributed by atoms with E-state index in [9.17, 15) is 4.79 Å². The fraction of sp³-hybridized carbons (Fsp3) is 0.438. The summed E-state index contributed by atoms with van der Waals surface area (Å²) in [6.07, 6.45) is 1.61. The molecule has 0 spiro atoms. The Morgan fingerprint density at radius 1 is 1.30 bits per heavy atom. The van der Waals surface area contributed by atoms with Crippen molar-refractivity contribution in [1.29, 1.82) is 0 Å². The van der Waals surface area contributed by atoms with Gasteiger partial charge in [-0.25, -0.2) is 0 Å². The van der Waals surface area contributed by atoms with Gasteiger partial charge in [0.25, 0.3) is 0 Å². The van der Waals surface area contributed by atoms with Crippen molar-refractivity contribution in [3.63, 3.8) is 0 Å². The number of ether oxygens (including phenoxy) is 2. The molecule has 2 aliphatic heterocycles. The topological polar surface area (TPSA) is 51.3 Å². The molecule has 104 valence electrons. The first-order valence-corrected chi connectivity index (χ1v) is 7.11. The number of hydrogen-bond donors (Lipinski definition) is 1. The minimum absolute atomic E-state index is 0.140. The van der Waals surface area contributed by atoms with Gasteiger partial charge in [0.15, 0.2) is 0 Å². The largest absolute Gasteiger partial charge is 0.465 e. The highest BCUT2D eigenvalue weighted by Gasteiger charge is 2.49. The molecule has 2 aromatic rings. The summed E-state index contributed by atoms with van der Waals surface area (Å²) in [5, 5.41) is 1.24. The zero-order valence-electron chi connectivity index (χ0n) is 11.4. The van der Waals surface area contributed by atoms with E-state index in [0.717, 1.165) is 24.1 Å². The number of carbonyl (C=O) groups is 1. The second-order valence-corrected chi connectivity index (χ2v) is 5.74. The number of para-hydroxylation sites is 1. The number of esters is 1. The first-order chi connectivity index (χ1) is 9.70. The first-order valence-electron chi connectivity index (χ1n) is 7.11. The van der Waals surface area contributed by atoms with Crippen LogP contribution in [-0.2, 0) is 26.3 Å². The van der Waals surface area contributed by atoms with Crippen molar-refractivity contribution < 1.29 is 14.3 Å². The minimum atomic E-state index is -0.597. The Bertz CT molecular complexity index is 690. The molecule has 0 amide bonds. The van der Waals surface area contributed by atoms with Crippen molar-refractivity contribution in [3.05, 3.63) is 35.5 Å². The standard InChI is InChI=1S/C16H17NO3/c1-16(12-7-8-19-15(12)18)14-11(6-9-20-16)10-4-2-3-5-13(10)17-14/h2-5,12,17H,6-9H2,1H3/t12-,16-/m1/s1. The number of rotatable bonds is 1. The van der Waals surface area contributed by atoms with Crippen molar-refractivity contribution in [1.82, 2.24) is 4.98 Å². The van der Waals surface area contributed by atoms with Gasteiger partial charge >= 0.3 is 5.97 Å². The number of aromatic amines is 1. The zero-order chi connectivity index (χ0) is 13.7. The molecule has 1 N–H and O–H groups in total. The van der Waals surface area contributed by atoms with Crippen molar-refractivity contribution in [2.24, 2.45) is 5.92 Å². The van der Waals surface area contributed by atoms with E-state index in [1.54, 1.807) is 0 Å². The summed E-state index contributed by atoms with van der Waals surface area (Å²) in [7, 11) is 0. The van der Waals surface area contributed by atoms with Crippen LogP contribution in [0, 0.1) is 5.92 Å². The van der Waals surface area contributed by atoms with Gasteiger partial charge < -0.3 is 14.5 Å². The van der Waals surface area contributed by atoms with Gasteiger partial charge in [-0.15, -0.1) is 0 Å². The van der Waals surface area contributed by atoms with Crippen LogP contribution < -0.4 is 0 Å². The summed E-state index contributed by atoms with van der Waals surface area (Å²) in [5.41, 5.74) is 2.85. The highest BCUT2D eigenvalue weighted by Crippen LogP contribution is 2.44. The maximum absolute atomic E-state index is 12.0. The van der Waals surface area contributed by atoms with Gasteiger partial charge in [0.05, 0.1) is 24.8 Å². The van der Waals surface area contributed by atoms with Crippen molar-refractivity contribution >= 4 is 16.9 Å². The molecule has 2 atom stereocenters. The Kier molecular flexibility index (Phi) is 2.45. The quantitative estimate of drug-likeness (QED) is 0.811. The van der Waals surface area contributed by atoms with Crippen LogP contribution in [0.25, 0.3) is 10.9 Å². The molecule has 1 saturated heterocycles. The highest BCUT2D eigenvalue weighted by molar-refractivity contribution is 5.86. The Morgan fingerprint density at radius 2 is 2.15 bits per heavy atom. The number of nitrogens with one attached hydrogen (secondary N) is 1. The van der Waals surface area contributed by atoms with Gasteiger partial charge in [-0.05, 0) is 31.4 Å². The molecule has 4 rings (SSSR count). The molecule has 3 heterocycles. The van der Waals surface area contributed by atoms with E-state index in [0.29, 0.717) is 13.2 Å². The van der Waals surface area contributed by atoms with E-state index in [1.165, 1.54) is 10.9 Å². The third kappa shape index (κ3) is 1.48. The molecule has 0 unspecified atom stereocenters. The van der Waals surface area contributed by atoms with Gasteiger partial charge in [0, 0.05) is 10.9 Å². The molecule has 1 aromatic carbocycles.